The third kappa shape index (κ3) is 2.25. The third-order valence-corrected chi connectivity index (χ3v) is 4.43. The Kier molecular flexibility index (Phi) is 3.20. The predicted molar refractivity (Wildman–Crippen MR) is 78.9 cm³/mol. The van der Waals surface area contributed by atoms with Gasteiger partial charge in [0.15, 0.2) is 5.43 Å². The largest absolute Gasteiger partial charge is 0.398 e. The fraction of sp³-hybridized carbons (Fsp3) is 0.353. The SMILES string of the molecule is Cc1cc(=O)c(C)c(-c2ccc(C3(C(F)(F)F)CC3)cc2)[nH]1. The van der Waals surface area contributed by atoms with E-state index in [4.69, 9.17) is 0 Å². The van der Waals surface area contributed by atoms with Crippen LogP contribution in [0.2, 0.25) is 0 Å². The Morgan fingerprint density at radius 3 is 2.18 bits per heavy atom. The number of halogens is 3. The fourth-order valence-corrected chi connectivity index (χ4v) is 2.86. The molecule has 1 heterocycles. The summed E-state index contributed by atoms with van der Waals surface area (Å²) in [4.78, 5) is 14.9. The van der Waals surface area contributed by atoms with Crippen molar-refractivity contribution in [3.63, 3.8) is 0 Å². The molecule has 0 bridgehead atoms. The second kappa shape index (κ2) is 4.73. The number of alkyl halides is 3. The first-order valence-electron chi connectivity index (χ1n) is 7.13. The maximum Gasteiger partial charge on any atom is 0.398 e. The van der Waals surface area contributed by atoms with E-state index in [0.717, 1.165) is 11.3 Å². The van der Waals surface area contributed by atoms with Crippen molar-refractivity contribution in [1.29, 1.82) is 0 Å². The van der Waals surface area contributed by atoms with Crippen LogP contribution in [0, 0.1) is 13.8 Å². The first-order valence-corrected chi connectivity index (χ1v) is 7.13. The molecule has 1 aromatic heterocycles. The monoisotopic (exact) mass is 307 g/mol. The van der Waals surface area contributed by atoms with Gasteiger partial charge in [-0.3, -0.25) is 4.79 Å². The molecule has 1 aliphatic carbocycles. The van der Waals surface area contributed by atoms with Gasteiger partial charge in [0.2, 0.25) is 0 Å². The average molecular weight is 307 g/mol. The van der Waals surface area contributed by atoms with Crippen LogP contribution in [0.5, 0.6) is 0 Å². The zero-order valence-electron chi connectivity index (χ0n) is 12.3. The van der Waals surface area contributed by atoms with Crippen molar-refractivity contribution >= 4 is 0 Å². The molecule has 0 atom stereocenters. The molecule has 1 saturated carbocycles. The predicted octanol–water partition coefficient (Wildman–Crippen LogP) is 4.25. The van der Waals surface area contributed by atoms with E-state index < -0.39 is 11.6 Å². The van der Waals surface area contributed by atoms with E-state index in [0.29, 0.717) is 16.8 Å². The Morgan fingerprint density at radius 2 is 1.68 bits per heavy atom. The van der Waals surface area contributed by atoms with Crippen molar-refractivity contribution in [1.82, 2.24) is 4.98 Å². The highest BCUT2D eigenvalue weighted by Crippen LogP contribution is 2.58. The summed E-state index contributed by atoms with van der Waals surface area (Å²) in [6, 6.07) is 7.86. The van der Waals surface area contributed by atoms with E-state index in [-0.39, 0.29) is 18.3 Å². The molecular weight excluding hydrogens is 291 g/mol. The molecule has 0 aliphatic heterocycles. The second-order valence-electron chi connectivity index (χ2n) is 5.97. The molecule has 1 aliphatic rings. The maximum absolute atomic E-state index is 13.1. The van der Waals surface area contributed by atoms with Gasteiger partial charge in [-0.25, -0.2) is 0 Å². The molecule has 116 valence electrons. The van der Waals surface area contributed by atoms with E-state index in [1.807, 2.05) is 0 Å². The molecule has 1 N–H and O–H groups in total. The zero-order chi connectivity index (χ0) is 16.1. The van der Waals surface area contributed by atoms with Crippen molar-refractivity contribution in [2.24, 2.45) is 0 Å². The minimum Gasteiger partial charge on any atom is -0.358 e. The molecule has 1 aromatic carbocycles. The van der Waals surface area contributed by atoms with Gasteiger partial charge in [-0.15, -0.1) is 0 Å². The van der Waals surface area contributed by atoms with Crippen LogP contribution in [-0.2, 0) is 5.41 Å². The topological polar surface area (TPSA) is 32.9 Å². The van der Waals surface area contributed by atoms with Gasteiger partial charge in [0, 0.05) is 17.3 Å². The van der Waals surface area contributed by atoms with Crippen LogP contribution >= 0.6 is 0 Å². The number of aromatic nitrogens is 1. The van der Waals surface area contributed by atoms with Crippen molar-refractivity contribution in [2.45, 2.75) is 38.3 Å². The summed E-state index contributed by atoms with van der Waals surface area (Å²) in [6.45, 7) is 3.49. The highest BCUT2D eigenvalue weighted by atomic mass is 19.4. The number of H-pyrrole nitrogens is 1. The van der Waals surface area contributed by atoms with E-state index >= 15 is 0 Å². The molecule has 0 unspecified atom stereocenters. The summed E-state index contributed by atoms with van der Waals surface area (Å²) in [5.74, 6) is 0. The Balaban J connectivity index is 2.02. The zero-order valence-corrected chi connectivity index (χ0v) is 12.3. The number of aromatic amines is 1. The maximum atomic E-state index is 13.1. The van der Waals surface area contributed by atoms with Crippen LogP contribution in [0.15, 0.2) is 35.1 Å². The van der Waals surface area contributed by atoms with Gasteiger partial charge in [0.25, 0.3) is 0 Å². The Morgan fingerprint density at radius 1 is 1.09 bits per heavy atom. The molecule has 0 radical (unpaired) electrons. The van der Waals surface area contributed by atoms with Gasteiger partial charge in [0.1, 0.15) is 0 Å². The lowest BCUT2D eigenvalue weighted by atomic mass is 9.93. The number of nitrogens with one attached hydrogen (secondary N) is 1. The number of benzene rings is 1. The molecule has 0 amide bonds. The van der Waals surface area contributed by atoms with Crippen molar-refractivity contribution < 1.29 is 13.2 Å². The molecule has 22 heavy (non-hydrogen) atoms. The van der Waals surface area contributed by atoms with Gasteiger partial charge in [-0.2, -0.15) is 13.2 Å². The minimum absolute atomic E-state index is 0.0794. The van der Waals surface area contributed by atoms with Gasteiger partial charge < -0.3 is 4.98 Å². The van der Waals surface area contributed by atoms with E-state index in [9.17, 15) is 18.0 Å². The number of pyridine rings is 1. The molecule has 0 spiro atoms. The number of hydrogen-bond acceptors (Lipinski definition) is 1. The highest BCUT2D eigenvalue weighted by Gasteiger charge is 2.64. The Labute approximate surface area is 126 Å². The van der Waals surface area contributed by atoms with Gasteiger partial charge in [-0.05, 0) is 37.8 Å². The lowest BCUT2D eigenvalue weighted by Gasteiger charge is -2.20. The summed E-state index contributed by atoms with van der Waals surface area (Å²) < 4.78 is 39.4. The van der Waals surface area contributed by atoms with Crippen LogP contribution in [0.3, 0.4) is 0 Å². The van der Waals surface area contributed by atoms with Crippen LogP contribution in [0.1, 0.15) is 29.7 Å². The van der Waals surface area contributed by atoms with Crippen LogP contribution in [-0.4, -0.2) is 11.2 Å². The van der Waals surface area contributed by atoms with E-state index in [1.54, 1.807) is 26.0 Å². The summed E-state index contributed by atoms with van der Waals surface area (Å²) in [6.07, 6.45) is -3.91. The standard InChI is InChI=1S/C17H16F3NO/c1-10-9-14(22)11(2)15(21-10)12-3-5-13(6-4-12)16(7-8-16)17(18,19)20/h3-6,9H,7-8H2,1-2H3,(H,21,22). The van der Waals surface area contributed by atoms with E-state index in [1.165, 1.54) is 18.2 Å². The second-order valence-corrected chi connectivity index (χ2v) is 5.97. The molecule has 0 saturated heterocycles. The van der Waals surface area contributed by atoms with Crippen molar-refractivity contribution in [2.75, 3.05) is 0 Å². The fourth-order valence-electron chi connectivity index (χ4n) is 2.86. The Bertz CT molecular complexity index is 768. The lowest BCUT2D eigenvalue weighted by Crippen LogP contribution is -2.28. The van der Waals surface area contributed by atoms with Crippen LogP contribution < -0.4 is 5.43 Å². The van der Waals surface area contributed by atoms with Gasteiger partial charge in [-0.1, -0.05) is 24.3 Å². The van der Waals surface area contributed by atoms with E-state index in [2.05, 4.69) is 4.98 Å². The van der Waals surface area contributed by atoms with Crippen LogP contribution in [0.25, 0.3) is 11.3 Å². The molecule has 2 aromatic rings. The quantitative estimate of drug-likeness (QED) is 0.884. The molecule has 5 heteroatoms. The normalized spacial score (nSPS) is 16.6. The molecule has 2 nitrogen and oxygen atoms in total. The number of hydrogen-bond donors (Lipinski definition) is 1. The molecule has 3 rings (SSSR count). The lowest BCUT2D eigenvalue weighted by molar-refractivity contribution is -0.160. The van der Waals surface area contributed by atoms with Gasteiger partial charge >= 0.3 is 6.18 Å². The van der Waals surface area contributed by atoms with Gasteiger partial charge in [0.05, 0.1) is 11.1 Å². The molecule has 1 fully saturated rings. The smallest absolute Gasteiger partial charge is 0.358 e. The third-order valence-electron chi connectivity index (χ3n) is 4.43. The summed E-state index contributed by atoms with van der Waals surface area (Å²) in [5, 5.41) is 0. The minimum atomic E-state index is -4.21. The number of rotatable bonds is 2. The first kappa shape index (κ1) is 14.9. The first-order chi connectivity index (χ1) is 10.2. The van der Waals surface area contributed by atoms with Crippen molar-refractivity contribution in [3.8, 4) is 11.3 Å². The summed E-state index contributed by atoms with van der Waals surface area (Å²) in [7, 11) is 0. The average Bonchev–Trinajstić information content (AvgIpc) is 3.24. The van der Waals surface area contributed by atoms with Crippen molar-refractivity contribution in [3.05, 3.63) is 57.4 Å². The summed E-state index contributed by atoms with van der Waals surface area (Å²) >= 11 is 0. The van der Waals surface area contributed by atoms with Crippen LogP contribution in [0.4, 0.5) is 13.2 Å². The molecular formula is C17H16F3NO. The summed E-state index contributed by atoms with van der Waals surface area (Å²) in [5.41, 5.74) is 1.23. The highest BCUT2D eigenvalue weighted by molar-refractivity contribution is 5.63. The number of aryl methyl sites for hydroxylation is 1. The Hall–Kier alpha value is -2.04.